The lowest BCUT2D eigenvalue weighted by Crippen LogP contribution is -2.41. The van der Waals surface area contributed by atoms with Gasteiger partial charge in [0.2, 0.25) is 5.91 Å². The Hall–Kier alpha value is -4.49. The molecule has 204 valence electrons. The largest absolute Gasteiger partial charge is 0.378 e. The average molecular weight is 538 g/mol. The lowest BCUT2D eigenvalue weighted by molar-refractivity contribution is -0.139. The zero-order chi connectivity index (χ0) is 27.7. The van der Waals surface area contributed by atoms with Gasteiger partial charge in [-0.3, -0.25) is 9.59 Å². The minimum Gasteiger partial charge on any atom is -0.378 e. The van der Waals surface area contributed by atoms with E-state index in [2.05, 4.69) is 10.2 Å². The first-order valence-electron chi connectivity index (χ1n) is 13.4. The summed E-state index contributed by atoms with van der Waals surface area (Å²) in [5.41, 5.74) is 3.94. The van der Waals surface area contributed by atoms with E-state index in [1.165, 1.54) is 12.1 Å². The minimum atomic E-state index is -0.976. The van der Waals surface area contributed by atoms with Gasteiger partial charge in [-0.2, -0.15) is 0 Å². The summed E-state index contributed by atoms with van der Waals surface area (Å²) in [5.74, 6) is -0.989. The fourth-order valence-corrected chi connectivity index (χ4v) is 4.88. The molecule has 0 bridgehead atoms. The maximum Gasteiger partial charge on any atom is 0.251 e. The molecular formula is C33H32FN3O3. The summed E-state index contributed by atoms with van der Waals surface area (Å²) in [6.45, 7) is 3.22. The van der Waals surface area contributed by atoms with Crippen LogP contribution in [-0.4, -0.2) is 43.0 Å². The zero-order valence-corrected chi connectivity index (χ0v) is 22.2. The molecule has 0 aromatic heterocycles. The van der Waals surface area contributed by atoms with Crippen LogP contribution in [0.15, 0.2) is 109 Å². The molecule has 4 aromatic carbocycles. The summed E-state index contributed by atoms with van der Waals surface area (Å²) in [7, 11) is 0. The Morgan fingerprint density at radius 1 is 0.800 bits per heavy atom. The molecule has 1 unspecified atom stereocenters. The molecule has 1 saturated heterocycles. The molecular weight excluding hydrogens is 505 g/mol. The molecule has 0 aliphatic carbocycles. The summed E-state index contributed by atoms with van der Waals surface area (Å²) in [6.07, 6.45) is 0.132. The first-order chi connectivity index (χ1) is 19.6. The van der Waals surface area contributed by atoms with E-state index < -0.39 is 11.9 Å². The number of nitrogens with one attached hydrogen (secondary N) is 1. The van der Waals surface area contributed by atoms with Crippen molar-refractivity contribution in [3.05, 3.63) is 132 Å². The fraction of sp³-hybridized carbons (Fsp3) is 0.212. The molecule has 4 aromatic rings. The van der Waals surface area contributed by atoms with Crippen LogP contribution in [0.5, 0.6) is 0 Å². The molecule has 1 aliphatic rings. The highest BCUT2D eigenvalue weighted by molar-refractivity contribution is 5.98. The lowest BCUT2D eigenvalue weighted by atomic mass is 10.0. The van der Waals surface area contributed by atoms with Crippen LogP contribution in [-0.2, 0) is 27.3 Å². The van der Waals surface area contributed by atoms with Gasteiger partial charge >= 0.3 is 0 Å². The molecule has 1 N–H and O–H groups in total. The van der Waals surface area contributed by atoms with Gasteiger partial charge in [-0.1, -0.05) is 72.8 Å². The minimum absolute atomic E-state index is 0.132. The zero-order valence-electron chi connectivity index (χ0n) is 22.2. The van der Waals surface area contributed by atoms with Crippen LogP contribution in [0.1, 0.15) is 22.7 Å². The first-order valence-corrected chi connectivity index (χ1v) is 13.4. The van der Waals surface area contributed by atoms with E-state index >= 15 is 0 Å². The molecule has 1 atom stereocenters. The quantitative estimate of drug-likeness (QED) is 0.301. The topological polar surface area (TPSA) is 61.9 Å². The Bertz CT molecular complexity index is 1390. The maximum absolute atomic E-state index is 13.9. The van der Waals surface area contributed by atoms with Crippen LogP contribution in [0.2, 0.25) is 0 Å². The van der Waals surface area contributed by atoms with Crippen molar-refractivity contribution in [2.24, 2.45) is 0 Å². The van der Waals surface area contributed by atoms with Gasteiger partial charge in [-0.05, 0) is 53.1 Å². The predicted octanol–water partition coefficient (Wildman–Crippen LogP) is 5.61. The molecule has 6 nitrogen and oxygen atoms in total. The number of hydrogen-bond acceptors (Lipinski definition) is 4. The Morgan fingerprint density at radius 3 is 2.02 bits per heavy atom. The second kappa shape index (κ2) is 13.0. The Balaban J connectivity index is 1.45. The number of amides is 2. The SMILES string of the molecule is O=C(Nc1ccc(N2CCOCC2)cc1)C(c1ccc(F)cc1)N(Cc1ccccc1)C(=O)Cc1ccccc1. The number of carbonyl (C=O) groups is 2. The van der Waals surface area contributed by atoms with Gasteiger partial charge in [0.05, 0.1) is 19.6 Å². The Morgan fingerprint density at radius 2 is 1.40 bits per heavy atom. The summed E-state index contributed by atoms with van der Waals surface area (Å²) in [5, 5.41) is 3.00. The number of carbonyl (C=O) groups excluding carboxylic acids is 2. The van der Waals surface area contributed by atoms with Crippen molar-refractivity contribution < 1.29 is 18.7 Å². The van der Waals surface area contributed by atoms with Crippen LogP contribution in [0.3, 0.4) is 0 Å². The number of morpholine rings is 1. The average Bonchev–Trinajstić information content (AvgIpc) is 2.99. The van der Waals surface area contributed by atoms with Crippen LogP contribution in [0.4, 0.5) is 15.8 Å². The van der Waals surface area contributed by atoms with E-state index in [0.29, 0.717) is 24.5 Å². The smallest absolute Gasteiger partial charge is 0.251 e. The Kier molecular flexibility index (Phi) is 8.83. The van der Waals surface area contributed by atoms with Crippen molar-refractivity contribution in [2.45, 2.75) is 19.0 Å². The maximum atomic E-state index is 13.9. The molecule has 7 heteroatoms. The fourth-order valence-electron chi connectivity index (χ4n) is 4.88. The van der Waals surface area contributed by atoms with Crippen LogP contribution < -0.4 is 10.2 Å². The molecule has 1 heterocycles. The summed E-state index contributed by atoms with van der Waals surface area (Å²) >= 11 is 0. The van der Waals surface area contributed by atoms with Crippen molar-refractivity contribution in [2.75, 3.05) is 36.5 Å². The van der Waals surface area contributed by atoms with Gasteiger partial charge in [0.1, 0.15) is 11.9 Å². The monoisotopic (exact) mass is 537 g/mol. The van der Waals surface area contributed by atoms with E-state index in [1.807, 2.05) is 84.9 Å². The third-order valence-electron chi connectivity index (χ3n) is 6.97. The Labute approximate surface area is 234 Å². The van der Waals surface area contributed by atoms with Crippen molar-refractivity contribution >= 4 is 23.2 Å². The summed E-state index contributed by atoms with van der Waals surface area (Å²) in [6, 6.07) is 31.4. The van der Waals surface area contributed by atoms with E-state index in [-0.39, 0.29) is 24.8 Å². The summed E-state index contributed by atoms with van der Waals surface area (Å²) in [4.78, 5) is 31.6. The molecule has 1 aliphatic heterocycles. The number of benzene rings is 4. The van der Waals surface area contributed by atoms with Crippen molar-refractivity contribution in [3.8, 4) is 0 Å². The highest BCUT2D eigenvalue weighted by Gasteiger charge is 2.32. The number of ether oxygens (including phenoxy) is 1. The van der Waals surface area contributed by atoms with E-state index in [4.69, 9.17) is 4.74 Å². The van der Waals surface area contributed by atoms with Gasteiger partial charge in [-0.15, -0.1) is 0 Å². The van der Waals surface area contributed by atoms with E-state index in [9.17, 15) is 14.0 Å². The third-order valence-corrected chi connectivity index (χ3v) is 6.97. The van der Waals surface area contributed by atoms with Gasteiger partial charge < -0.3 is 19.9 Å². The van der Waals surface area contributed by atoms with Gasteiger partial charge in [-0.25, -0.2) is 4.39 Å². The lowest BCUT2D eigenvalue weighted by Gasteiger charge is -2.32. The second-order valence-electron chi connectivity index (χ2n) is 9.76. The van der Waals surface area contributed by atoms with Gasteiger partial charge in [0, 0.05) is 31.0 Å². The molecule has 5 rings (SSSR count). The summed E-state index contributed by atoms with van der Waals surface area (Å²) < 4.78 is 19.3. The number of hydrogen-bond donors (Lipinski definition) is 1. The van der Waals surface area contributed by atoms with E-state index in [1.54, 1.807) is 17.0 Å². The van der Waals surface area contributed by atoms with Crippen LogP contribution in [0.25, 0.3) is 0 Å². The van der Waals surface area contributed by atoms with Crippen molar-refractivity contribution in [3.63, 3.8) is 0 Å². The van der Waals surface area contributed by atoms with Gasteiger partial charge in [0.15, 0.2) is 0 Å². The molecule has 0 spiro atoms. The first kappa shape index (κ1) is 27.1. The predicted molar refractivity (Wildman–Crippen MR) is 154 cm³/mol. The van der Waals surface area contributed by atoms with Crippen molar-refractivity contribution in [1.82, 2.24) is 4.90 Å². The second-order valence-corrected chi connectivity index (χ2v) is 9.76. The molecule has 1 fully saturated rings. The molecule has 40 heavy (non-hydrogen) atoms. The number of nitrogens with zero attached hydrogens (tertiary/aromatic N) is 2. The molecule has 0 saturated carbocycles. The van der Waals surface area contributed by atoms with Crippen molar-refractivity contribution in [1.29, 1.82) is 0 Å². The number of halogens is 1. The standard InChI is InChI=1S/C33H32FN3O3/c34-28-13-11-27(12-14-28)32(33(39)35-29-15-17-30(18-16-29)36-19-21-40-22-20-36)37(24-26-9-5-2-6-10-26)31(38)23-25-7-3-1-4-8-25/h1-18,32H,19-24H2,(H,35,39). The normalized spacial score (nSPS) is 13.9. The highest BCUT2D eigenvalue weighted by atomic mass is 19.1. The third kappa shape index (κ3) is 6.93. The van der Waals surface area contributed by atoms with Gasteiger partial charge in [0.25, 0.3) is 5.91 Å². The van der Waals surface area contributed by atoms with Crippen LogP contribution >= 0.6 is 0 Å². The molecule has 2 amide bonds. The highest BCUT2D eigenvalue weighted by Crippen LogP contribution is 2.27. The number of anilines is 2. The number of rotatable bonds is 9. The van der Waals surface area contributed by atoms with E-state index in [0.717, 1.165) is 29.9 Å². The molecule has 0 radical (unpaired) electrons. The van der Waals surface area contributed by atoms with Crippen LogP contribution in [0, 0.1) is 5.82 Å².